The van der Waals surface area contributed by atoms with Crippen molar-refractivity contribution in [2.24, 2.45) is 5.92 Å². The summed E-state index contributed by atoms with van der Waals surface area (Å²) in [6.07, 6.45) is 3.94. The number of pyridine rings is 1. The Morgan fingerprint density at radius 1 is 1.58 bits per heavy atom. The predicted octanol–water partition coefficient (Wildman–Crippen LogP) is 1.45. The van der Waals surface area contributed by atoms with Crippen molar-refractivity contribution in [3.05, 3.63) is 29.6 Å². The Morgan fingerprint density at radius 3 is 2.95 bits per heavy atom. The van der Waals surface area contributed by atoms with Gasteiger partial charge in [0.25, 0.3) is 5.91 Å². The first-order valence-corrected chi connectivity index (χ1v) is 6.40. The van der Waals surface area contributed by atoms with Crippen LogP contribution < -0.4 is 0 Å². The fraction of sp³-hybridized carbons (Fsp3) is 0.500. The van der Waals surface area contributed by atoms with Gasteiger partial charge in [0, 0.05) is 26.4 Å². The average molecular weight is 259 g/mol. The van der Waals surface area contributed by atoms with E-state index in [0.29, 0.717) is 24.4 Å². The number of aromatic nitrogens is 1. The van der Waals surface area contributed by atoms with Crippen LogP contribution in [0.4, 0.5) is 0 Å². The topological polar surface area (TPSA) is 66.2 Å². The predicted molar refractivity (Wildman–Crippen MR) is 69.5 cm³/mol. The third-order valence-electron chi connectivity index (χ3n) is 3.08. The molecule has 2 rings (SSSR count). The van der Waals surface area contributed by atoms with Crippen LogP contribution in [-0.2, 0) is 4.74 Å². The van der Waals surface area contributed by atoms with Gasteiger partial charge in [-0.2, -0.15) is 5.26 Å². The summed E-state index contributed by atoms with van der Waals surface area (Å²) in [5.41, 5.74) is 0.802. The number of nitrogens with zero attached hydrogens (tertiary/aromatic N) is 3. The second kappa shape index (κ2) is 6.30. The van der Waals surface area contributed by atoms with Gasteiger partial charge in [-0.15, -0.1) is 0 Å². The molecule has 0 saturated heterocycles. The standard InChI is InChI=1S/C14H17N3O2/c1-17(6-7-19-10-11-2-3-11)14(18)13-5-4-12(8-15)9-16-13/h4-5,9,11H,2-3,6-7,10H2,1H3. The van der Waals surface area contributed by atoms with Crippen molar-refractivity contribution in [1.82, 2.24) is 9.88 Å². The maximum Gasteiger partial charge on any atom is 0.272 e. The molecular weight excluding hydrogens is 242 g/mol. The van der Waals surface area contributed by atoms with E-state index in [-0.39, 0.29) is 5.91 Å². The zero-order valence-corrected chi connectivity index (χ0v) is 11.0. The first kappa shape index (κ1) is 13.5. The molecule has 1 aliphatic rings. The molecule has 0 atom stereocenters. The highest BCUT2D eigenvalue weighted by Gasteiger charge is 2.21. The van der Waals surface area contributed by atoms with Crippen molar-refractivity contribution < 1.29 is 9.53 Å². The minimum Gasteiger partial charge on any atom is -0.379 e. The molecule has 1 aromatic rings. The molecule has 1 fully saturated rings. The maximum absolute atomic E-state index is 12.0. The summed E-state index contributed by atoms with van der Waals surface area (Å²) in [6.45, 7) is 1.90. The van der Waals surface area contributed by atoms with Gasteiger partial charge in [0.05, 0.1) is 12.2 Å². The van der Waals surface area contributed by atoms with Crippen LogP contribution in [0.2, 0.25) is 0 Å². The van der Waals surface area contributed by atoms with Gasteiger partial charge in [-0.3, -0.25) is 4.79 Å². The number of likely N-dealkylation sites (N-methyl/N-ethyl adjacent to an activating group) is 1. The van der Waals surface area contributed by atoms with E-state index in [1.807, 2.05) is 6.07 Å². The minimum atomic E-state index is -0.153. The molecule has 0 aromatic carbocycles. The van der Waals surface area contributed by atoms with Crippen molar-refractivity contribution in [2.45, 2.75) is 12.8 Å². The van der Waals surface area contributed by atoms with Crippen molar-refractivity contribution >= 4 is 5.91 Å². The first-order chi connectivity index (χ1) is 9.20. The van der Waals surface area contributed by atoms with E-state index in [2.05, 4.69) is 4.98 Å². The molecule has 1 heterocycles. The number of hydrogen-bond donors (Lipinski definition) is 0. The Morgan fingerprint density at radius 2 is 2.37 bits per heavy atom. The van der Waals surface area contributed by atoms with Crippen LogP contribution in [0.5, 0.6) is 0 Å². The Hall–Kier alpha value is -1.93. The third kappa shape index (κ3) is 4.04. The summed E-state index contributed by atoms with van der Waals surface area (Å²) in [5, 5.41) is 8.67. The quantitative estimate of drug-likeness (QED) is 0.725. The SMILES string of the molecule is CN(CCOCC1CC1)C(=O)c1ccc(C#N)cn1. The number of rotatable bonds is 6. The van der Waals surface area contributed by atoms with Gasteiger partial charge >= 0.3 is 0 Å². The summed E-state index contributed by atoms with van der Waals surface area (Å²) >= 11 is 0. The van der Waals surface area contributed by atoms with Gasteiger partial charge in [-0.25, -0.2) is 4.98 Å². The molecule has 0 radical (unpaired) electrons. The third-order valence-corrected chi connectivity index (χ3v) is 3.08. The lowest BCUT2D eigenvalue weighted by atomic mass is 10.2. The Labute approximate surface area is 112 Å². The van der Waals surface area contributed by atoms with Gasteiger partial charge in [-0.05, 0) is 30.9 Å². The lowest BCUT2D eigenvalue weighted by Gasteiger charge is -2.16. The largest absolute Gasteiger partial charge is 0.379 e. The van der Waals surface area contributed by atoms with Crippen molar-refractivity contribution in [1.29, 1.82) is 5.26 Å². The summed E-state index contributed by atoms with van der Waals surface area (Å²) in [6, 6.07) is 5.14. The fourth-order valence-corrected chi connectivity index (χ4v) is 1.62. The normalized spacial score (nSPS) is 13.9. The van der Waals surface area contributed by atoms with Gasteiger partial charge in [0.2, 0.25) is 0 Å². The first-order valence-electron chi connectivity index (χ1n) is 6.40. The van der Waals surface area contributed by atoms with Crippen LogP contribution >= 0.6 is 0 Å². The van der Waals surface area contributed by atoms with Crippen LogP contribution in [0, 0.1) is 17.2 Å². The molecule has 0 bridgehead atoms. The van der Waals surface area contributed by atoms with E-state index in [0.717, 1.165) is 12.5 Å². The van der Waals surface area contributed by atoms with Crippen molar-refractivity contribution in [3.8, 4) is 6.07 Å². The van der Waals surface area contributed by atoms with E-state index < -0.39 is 0 Å². The lowest BCUT2D eigenvalue weighted by Crippen LogP contribution is -2.30. The van der Waals surface area contributed by atoms with Crippen LogP contribution in [0.3, 0.4) is 0 Å². The zero-order valence-electron chi connectivity index (χ0n) is 11.0. The Kier molecular flexibility index (Phi) is 4.48. The van der Waals surface area contributed by atoms with Crippen LogP contribution in [0.15, 0.2) is 18.3 Å². The molecule has 1 saturated carbocycles. The molecule has 5 nitrogen and oxygen atoms in total. The van der Waals surface area contributed by atoms with Gasteiger partial charge in [0.1, 0.15) is 11.8 Å². The summed E-state index contributed by atoms with van der Waals surface area (Å²) in [7, 11) is 1.72. The number of hydrogen-bond acceptors (Lipinski definition) is 4. The molecule has 1 amide bonds. The monoisotopic (exact) mass is 259 g/mol. The van der Waals surface area contributed by atoms with Crippen molar-refractivity contribution in [2.75, 3.05) is 26.8 Å². The Balaban J connectivity index is 1.78. The molecule has 0 N–H and O–H groups in total. The maximum atomic E-state index is 12.0. The molecule has 0 spiro atoms. The number of amides is 1. The van der Waals surface area contributed by atoms with E-state index >= 15 is 0 Å². The summed E-state index contributed by atoms with van der Waals surface area (Å²) in [5.74, 6) is 0.584. The minimum absolute atomic E-state index is 0.153. The second-order valence-electron chi connectivity index (χ2n) is 4.79. The van der Waals surface area contributed by atoms with E-state index in [1.54, 1.807) is 24.1 Å². The molecular formula is C14H17N3O2. The van der Waals surface area contributed by atoms with Crippen LogP contribution in [0.25, 0.3) is 0 Å². The van der Waals surface area contributed by atoms with Gasteiger partial charge in [-0.1, -0.05) is 0 Å². The lowest BCUT2D eigenvalue weighted by molar-refractivity contribution is 0.0676. The molecule has 100 valence electrons. The highest BCUT2D eigenvalue weighted by atomic mass is 16.5. The van der Waals surface area contributed by atoms with E-state index in [1.165, 1.54) is 19.0 Å². The van der Waals surface area contributed by atoms with Gasteiger partial charge in [0.15, 0.2) is 0 Å². The smallest absolute Gasteiger partial charge is 0.272 e. The average Bonchev–Trinajstić information content (AvgIpc) is 3.27. The summed E-state index contributed by atoms with van der Waals surface area (Å²) < 4.78 is 5.49. The van der Waals surface area contributed by atoms with Crippen molar-refractivity contribution in [3.63, 3.8) is 0 Å². The number of carbonyl (C=O) groups excluding carboxylic acids is 1. The van der Waals surface area contributed by atoms with E-state index in [9.17, 15) is 4.79 Å². The molecule has 1 aromatic heterocycles. The molecule has 19 heavy (non-hydrogen) atoms. The summed E-state index contributed by atoms with van der Waals surface area (Å²) in [4.78, 5) is 17.6. The molecule has 0 unspecified atom stereocenters. The number of carbonyl (C=O) groups is 1. The highest BCUT2D eigenvalue weighted by Crippen LogP contribution is 2.28. The molecule has 1 aliphatic carbocycles. The fourth-order valence-electron chi connectivity index (χ4n) is 1.62. The molecule has 5 heteroatoms. The van der Waals surface area contributed by atoms with Crippen LogP contribution in [0.1, 0.15) is 28.9 Å². The number of ether oxygens (including phenoxy) is 1. The number of nitriles is 1. The second-order valence-corrected chi connectivity index (χ2v) is 4.79. The molecule has 0 aliphatic heterocycles. The zero-order chi connectivity index (χ0) is 13.7. The Bertz CT molecular complexity index is 474. The van der Waals surface area contributed by atoms with Gasteiger partial charge < -0.3 is 9.64 Å². The highest BCUT2D eigenvalue weighted by molar-refractivity contribution is 5.92. The van der Waals surface area contributed by atoms with E-state index in [4.69, 9.17) is 10.00 Å². The van der Waals surface area contributed by atoms with Crippen LogP contribution in [-0.4, -0.2) is 42.6 Å².